The van der Waals surface area contributed by atoms with Gasteiger partial charge in [0.1, 0.15) is 6.29 Å². The summed E-state index contributed by atoms with van der Waals surface area (Å²) in [6.45, 7) is 5.74. The number of aldehydes is 1. The fraction of sp³-hybridized carbons (Fsp3) is 0.565. The molecule has 16 heteroatoms. The zero-order chi connectivity index (χ0) is 45.3. The number of carbonyl (C=O) groups is 4. The van der Waals surface area contributed by atoms with Gasteiger partial charge in [0.2, 0.25) is 17.6 Å². The van der Waals surface area contributed by atoms with E-state index in [9.17, 15) is 46.4 Å². The summed E-state index contributed by atoms with van der Waals surface area (Å²) in [5.74, 6) is -9.68. The van der Waals surface area contributed by atoms with Crippen LogP contribution in [0.1, 0.15) is 128 Å². The number of halogens is 4. The molecule has 2 fully saturated rings. The molecule has 340 valence electrons. The Morgan fingerprint density at radius 1 is 0.726 bits per heavy atom. The number of rotatable bonds is 22. The van der Waals surface area contributed by atoms with Crippen molar-refractivity contribution in [3.05, 3.63) is 95.5 Å². The summed E-state index contributed by atoms with van der Waals surface area (Å²) in [4.78, 5) is 50.4. The van der Waals surface area contributed by atoms with Crippen LogP contribution in [0.25, 0.3) is 0 Å². The van der Waals surface area contributed by atoms with Crippen LogP contribution in [0.3, 0.4) is 0 Å². The van der Waals surface area contributed by atoms with Gasteiger partial charge in [0, 0.05) is 57.1 Å². The molecule has 2 aliphatic rings. The Hall–Kier alpha value is -3.13. The summed E-state index contributed by atoms with van der Waals surface area (Å²) in [6.07, 6.45) is 19.0. The average Bonchev–Trinajstić information content (AvgIpc) is 3.27. The first-order valence-corrected chi connectivity index (χ1v) is 23.0. The Labute approximate surface area is 387 Å². The number of ketones is 1. The quantitative estimate of drug-likeness (QED) is 0.0230. The third-order valence-corrected chi connectivity index (χ3v) is 12.1. The van der Waals surface area contributed by atoms with E-state index in [2.05, 4.69) is 22.9 Å². The first kappa shape index (κ1) is 56.9. The minimum absolute atomic E-state index is 0. The second-order valence-electron chi connectivity index (χ2n) is 15.1. The van der Waals surface area contributed by atoms with Crippen LogP contribution in [0, 0.1) is 0 Å². The number of piperidine rings is 2. The molecule has 2 amide bonds. The van der Waals surface area contributed by atoms with E-state index < -0.39 is 36.5 Å². The van der Waals surface area contributed by atoms with Gasteiger partial charge >= 0.3 is 43.1 Å². The molecule has 0 N–H and O–H groups in total. The van der Waals surface area contributed by atoms with Crippen molar-refractivity contribution in [1.29, 1.82) is 0 Å². The molecule has 0 aromatic heterocycles. The summed E-state index contributed by atoms with van der Waals surface area (Å²) >= 11 is 0. The number of unbranched alkanes of at least 4 members (excludes halogenated alkanes) is 8. The molecule has 4 rings (SSSR count). The molecule has 2 aromatic carbocycles. The summed E-state index contributed by atoms with van der Waals surface area (Å²) in [6, 6.07) is 13.2. The van der Waals surface area contributed by atoms with E-state index in [0.29, 0.717) is 31.6 Å². The van der Waals surface area contributed by atoms with Crippen molar-refractivity contribution in [2.24, 2.45) is 0 Å². The van der Waals surface area contributed by atoms with Crippen molar-refractivity contribution in [3.8, 4) is 0 Å². The third-order valence-electron chi connectivity index (χ3n) is 10.5. The van der Waals surface area contributed by atoms with E-state index in [1.165, 1.54) is 74.6 Å². The maximum Gasteiger partial charge on any atom is 1.00 e. The van der Waals surface area contributed by atoms with E-state index in [0.717, 1.165) is 96.6 Å². The first-order chi connectivity index (χ1) is 29.1. The largest absolute Gasteiger partial charge is 1.00 e. The van der Waals surface area contributed by atoms with Crippen LogP contribution in [-0.2, 0) is 44.6 Å². The van der Waals surface area contributed by atoms with Crippen LogP contribution in [0.2, 0.25) is 0 Å². The SMILES string of the molecule is CCCCCCCN1C(=O)CCC[C@@H]1/C=C/C(=O)C(F)(F)c1ccccc1.CCCCCCCN1C(=O)CCC[C@@H]1C=O.COP(=O)(/C=C(\[O-])C(F)(F)c1ccccc1)OC.[Na+]. The average molecular weight is 903 g/mol. The Balaban J connectivity index is 0.000000483. The molecule has 2 heterocycles. The third kappa shape index (κ3) is 18.9. The maximum atomic E-state index is 14.3. The zero-order valence-electron chi connectivity index (χ0n) is 37.1. The normalized spacial score (nSPS) is 17.4. The number of alkyl halides is 4. The molecule has 0 radical (unpaired) electrons. The number of hydrogen-bond acceptors (Lipinski definition) is 8. The van der Waals surface area contributed by atoms with Gasteiger partial charge in [-0.15, -0.1) is 0 Å². The summed E-state index contributed by atoms with van der Waals surface area (Å²) in [7, 11) is -1.89. The van der Waals surface area contributed by atoms with Gasteiger partial charge in [-0.2, -0.15) is 17.6 Å². The maximum absolute atomic E-state index is 14.3. The van der Waals surface area contributed by atoms with E-state index in [1.54, 1.807) is 21.9 Å². The van der Waals surface area contributed by atoms with Gasteiger partial charge in [0.25, 0.3) is 5.92 Å². The van der Waals surface area contributed by atoms with Gasteiger partial charge < -0.3 is 28.7 Å². The minimum Gasteiger partial charge on any atom is -0.871 e. The molecule has 0 spiro atoms. The van der Waals surface area contributed by atoms with Crippen molar-refractivity contribution in [1.82, 2.24) is 9.80 Å². The second-order valence-corrected chi connectivity index (χ2v) is 17.1. The number of nitrogens with zero attached hydrogens (tertiary/aromatic N) is 2. The molecule has 0 unspecified atom stereocenters. The predicted octanol–water partition coefficient (Wildman–Crippen LogP) is 7.26. The van der Waals surface area contributed by atoms with Gasteiger partial charge in [-0.3, -0.25) is 18.9 Å². The fourth-order valence-electron chi connectivity index (χ4n) is 6.87. The van der Waals surface area contributed by atoms with E-state index in [1.807, 2.05) is 0 Å². The second kappa shape index (κ2) is 30.1. The fourth-order valence-corrected chi connectivity index (χ4v) is 7.68. The molecule has 2 atom stereocenters. The molecule has 0 aliphatic carbocycles. The molecule has 0 saturated carbocycles. The molecule has 0 bridgehead atoms. The van der Waals surface area contributed by atoms with Crippen molar-refractivity contribution >= 4 is 31.5 Å². The van der Waals surface area contributed by atoms with Crippen LogP contribution in [-0.4, -0.2) is 73.1 Å². The summed E-state index contributed by atoms with van der Waals surface area (Å²) in [5.41, 5.74) is -0.794. The van der Waals surface area contributed by atoms with Crippen molar-refractivity contribution in [2.75, 3.05) is 27.3 Å². The minimum atomic E-state index is -3.91. The number of hydrogen-bond donors (Lipinski definition) is 0. The monoisotopic (exact) mass is 902 g/mol. The Kier molecular flexibility index (Phi) is 27.6. The number of allylic oxidation sites excluding steroid dienone is 2. The number of benzene rings is 2. The van der Waals surface area contributed by atoms with E-state index in [-0.39, 0.29) is 59.0 Å². The van der Waals surface area contributed by atoms with Gasteiger partial charge in [-0.05, 0) is 50.4 Å². The Bertz CT molecular complexity index is 1730. The smallest absolute Gasteiger partial charge is 0.871 e. The van der Waals surface area contributed by atoms with Crippen LogP contribution in [0.15, 0.2) is 84.4 Å². The van der Waals surface area contributed by atoms with E-state index >= 15 is 0 Å². The van der Waals surface area contributed by atoms with Gasteiger partial charge in [0.05, 0.1) is 12.1 Å². The molecular formula is C46H64F4N2NaO8P. The zero-order valence-corrected chi connectivity index (χ0v) is 40.0. The molecule has 2 aromatic rings. The summed E-state index contributed by atoms with van der Waals surface area (Å²) in [5, 5.41) is 11.5. The molecule has 2 saturated heterocycles. The van der Waals surface area contributed by atoms with Gasteiger partial charge in [0.15, 0.2) is 0 Å². The molecular weight excluding hydrogens is 838 g/mol. The number of amides is 2. The molecule has 2 aliphatic heterocycles. The standard InChI is InChI=1S/C22H29F2NO2.C13H23NO2.C11H13F2O4P.Na/c1-2-3-4-5-9-17-25-19(13-10-14-21(25)27)15-16-20(26)22(23,24)18-11-7-6-8-12-18;1-2-3-4-5-6-10-14-12(11-15)8-7-9-13(14)16;1-16-18(15,17-2)8-10(14)11(12,13)9-6-4-3-5-7-9;/h6-8,11-12,15-16,19H,2-5,9-10,13-14,17H2,1H3;11-12H,2-10H2,1H3;3-8,14H,1-2H3;/q;;;+1/p-1/b16-15+;;10-8-;/t19-;12-;;/m11../s1. The first-order valence-electron chi connectivity index (χ1n) is 21.4. The van der Waals surface area contributed by atoms with Gasteiger partial charge in [-0.25, -0.2) is 0 Å². The van der Waals surface area contributed by atoms with Crippen molar-refractivity contribution < 1.29 is 85.0 Å². The van der Waals surface area contributed by atoms with Crippen molar-refractivity contribution in [3.63, 3.8) is 0 Å². The van der Waals surface area contributed by atoms with Gasteiger partial charge in [-0.1, -0.05) is 132 Å². The predicted molar refractivity (Wildman–Crippen MR) is 227 cm³/mol. The molecule has 10 nitrogen and oxygen atoms in total. The summed E-state index contributed by atoms with van der Waals surface area (Å²) < 4.78 is 76.5. The van der Waals surface area contributed by atoms with E-state index in [4.69, 9.17) is 0 Å². The Morgan fingerprint density at radius 3 is 1.58 bits per heavy atom. The Morgan fingerprint density at radius 2 is 1.15 bits per heavy atom. The number of likely N-dealkylation sites (tertiary alicyclic amines) is 2. The van der Waals surface area contributed by atoms with Crippen LogP contribution < -0.4 is 34.7 Å². The van der Waals surface area contributed by atoms with Crippen LogP contribution >= 0.6 is 7.60 Å². The molecule has 62 heavy (non-hydrogen) atoms. The van der Waals surface area contributed by atoms with Crippen LogP contribution in [0.5, 0.6) is 0 Å². The topological polar surface area (TPSA) is 133 Å². The van der Waals surface area contributed by atoms with Crippen LogP contribution in [0.4, 0.5) is 17.6 Å². The number of carbonyl (C=O) groups excluding carboxylic acids is 4. The van der Waals surface area contributed by atoms with Crippen molar-refractivity contribution in [2.45, 2.75) is 141 Å².